The van der Waals surface area contributed by atoms with Crippen LogP contribution in [-0.2, 0) is 14.4 Å². The summed E-state index contributed by atoms with van der Waals surface area (Å²) < 4.78 is 11.0. The second-order valence-electron chi connectivity index (χ2n) is 11.2. The molecule has 0 aromatic heterocycles. The van der Waals surface area contributed by atoms with Gasteiger partial charge in [0.2, 0.25) is 12.7 Å². The molecule has 1 unspecified atom stereocenters. The Bertz CT molecular complexity index is 984. The summed E-state index contributed by atoms with van der Waals surface area (Å²) in [7, 11) is 0. The number of unbranched alkanes of at least 4 members (excludes halogenated alkanes) is 4. The quantitative estimate of drug-likeness (QED) is 0.253. The first kappa shape index (κ1) is 31.9. The van der Waals surface area contributed by atoms with Gasteiger partial charge in [-0.05, 0) is 50.3 Å². The Morgan fingerprint density at radius 2 is 1.77 bits per heavy atom. The van der Waals surface area contributed by atoms with Crippen LogP contribution in [0.5, 0.6) is 11.5 Å². The number of carboxylic acid groups (broad SMARTS) is 1. The molecular weight excluding hydrogens is 512 g/mol. The molecule has 1 saturated heterocycles. The molecular formula is C31H48N2O7. The monoisotopic (exact) mass is 560 g/mol. The smallest absolute Gasteiger partial charge is 0.308 e. The molecule has 2 N–H and O–H groups in total. The molecule has 1 aromatic carbocycles. The van der Waals surface area contributed by atoms with Crippen molar-refractivity contribution in [2.24, 2.45) is 11.8 Å². The average Bonchev–Trinajstić information content (AvgIpc) is 3.54. The minimum absolute atomic E-state index is 0.0406. The third kappa shape index (κ3) is 8.43. The number of carbonyl (C=O) groups is 3. The fraction of sp³-hybridized carbons (Fsp3) is 0.710. The van der Waals surface area contributed by atoms with Crippen molar-refractivity contribution in [3.63, 3.8) is 0 Å². The Morgan fingerprint density at radius 3 is 2.42 bits per heavy atom. The molecule has 4 atom stereocenters. The second kappa shape index (κ2) is 16.0. The highest BCUT2D eigenvalue weighted by Crippen LogP contribution is 2.43. The molecule has 0 saturated carbocycles. The first-order valence-corrected chi connectivity index (χ1v) is 15.1. The number of nitrogens with zero attached hydrogens (tertiary/aromatic N) is 2. The lowest BCUT2D eigenvalue weighted by Crippen LogP contribution is -2.43. The molecule has 0 bridgehead atoms. The summed E-state index contributed by atoms with van der Waals surface area (Å²) in [6, 6.07) is 5.22. The van der Waals surface area contributed by atoms with E-state index in [1.54, 1.807) is 4.90 Å². The van der Waals surface area contributed by atoms with Gasteiger partial charge in [-0.2, -0.15) is 0 Å². The minimum atomic E-state index is -0.892. The van der Waals surface area contributed by atoms with Gasteiger partial charge in [0.1, 0.15) is 5.78 Å². The van der Waals surface area contributed by atoms with Gasteiger partial charge < -0.3 is 24.6 Å². The number of benzene rings is 1. The Kier molecular flexibility index (Phi) is 12.7. The maximum atomic E-state index is 13.7. The SMILES string of the molecule is CCCCCC(CCCCCO)C(=O)CN1C[C@H](c2ccc3c(c2)OCO3)[C@@H](C(=O)O)[C@@H]1CCN(CC)C(C)=O. The van der Waals surface area contributed by atoms with E-state index in [1.165, 1.54) is 6.92 Å². The lowest BCUT2D eigenvalue weighted by molar-refractivity contribution is -0.143. The first-order valence-electron chi connectivity index (χ1n) is 15.1. The number of fused-ring (bicyclic) bond motifs is 1. The molecule has 2 heterocycles. The number of ketones is 1. The number of aliphatic carboxylic acids is 1. The van der Waals surface area contributed by atoms with Gasteiger partial charge in [0.25, 0.3) is 0 Å². The number of aliphatic hydroxyl groups excluding tert-OH is 1. The number of Topliss-reactive ketones (excluding diaryl/α,β-unsaturated/α-hetero) is 1. The van der Waals surface area contributed by atoms with Crippen molar-refractivity contribution in [1.82, 2.24) is 9.80 Å². The van der Waals surface area contributed by atoms with Gasteiger partial charge in [0.05, 0.1) is 12.5 Å². The van der Waals surface area contributed by atoms with Crippen molar-refractivity contribution in [1.29, 1.82) is 0 Å². The molecule has 3 rings (SSSR count). The minimum Gasteiger partial charge on any atom is -0.481 e. The molecule has 224 valence electrons. The van der Waals surface area contributed by atoms with E-state index >= 15 is 0 Å². The van der Waals surface area contributed by atoms with Gasteiger partial charge in [-0.1, -0.05) is 45.1 Å². The van der Waals surface area contributed by atoms with E-state index in [1.807, 2.05) is 25.1 Å². The van der Waals surface area contributed by atoms with E-state index in [4.69, 9.17) is 14.6 Å². The van der Waals surface area contributed by atoms with Crippen LogP contribution in [0.3, 0.4) is 0 Å². The maximum Gasteiger partial charge on any atom is 0.308 e. The summed E-state index contributed by atoms with van der Waals surface area (Å²) in [6.07, 6.45) is 7.81. The fourth-order valence-electron chi connectivity index (χ4n) is 6.28. The molecule has 0 radical (unpaired) electrons. The van der Waals surface area contributed by atoms with Crippen LogP contribution < -0.4 is 9.47 Å². The van der Waals surface area contributed by atoms with Gasteiger partial charge in [-0.25, -0.2) is 0 Å². The van der Waals surface area contributed by atoms with Crippen LogP contribution in [0.1, 0.15) is 90.0 Å². The Hall–Kier alpha value is -2.65. The lowest BCUT2D eigenvalue weighted by atomic mass is 9.84. The van der Waals surface area contributed by atoms with Crippen LogP contribution >= 0.6 is 0 Å². The van der Waals surface area contributed by atoms with Gasteiger partial charge in [-0.3, -0.25) is 19.3 Å². The molecule has 1 fully saturated rings. The predicted octanol–water partition coefficient (Wildman–Crippen LogP) is 4.46. The predicted molar refractivity (Wildman–Crippen MR) is 153 cm³/mol. The zero-order valence-electron chi connectivity index (χ0n) is 24.5. The highest BCUT2D eigenvalue weighted by Gasteiger charge is 2.47. The van der Waals surface area contributed by atoms with E-state index in [0.29, 0.717) is 37.6 Å². The molecule has 9 heteroatoms. The van der Waals surface area contributed by atoms with E-state index in [2.05, 4.69) is 11.8 Å². The highest BCUT2D eigenvalue weighted by molar-refractivity contribution is 5.83. The fourth-order valence-corrected chi connectivity index (χ4v) is 6.28. The topological polar surface area (TPSA) is 117 Å². The van der Waals surface area contributed by atoms with Gasteiger partial charge in [0.15, 0.2) is 11.5 Å². The summed E-state index contributed by atoms with van der Waals surface area (Å²) in [6.45, 7) is 7.55. The Balaban J connectivity index is 1.84. The number of carbonyl (C=O) groups excluding carboxylic acids is 2. The van der Waals surface area contributed by atoms with Crippen LogP contribution in [0, 0.1) is 11.8 Å². The van der Waals surface area contributed by atoms with E-state index < -0.39 is 11.9 Å². The molecule has 9 nitrogen and oxygen atoms in total. The number of hydrogen-bond acceptors (Lipinski definition) is 7. The third-order valence-electron chi connectivity index (χ3n) is 8.56. The molecule has 0 aliphatic carbocycles. The van der Waals surface area contributed by atoms with Gasteiger partial charge >= 0.3 is 5.97 Å². The number of ether oxygens (including phenoxy) is 2. The van der Waals surface area contributed by atoms with Crippen molar-refractivity contribution in [3.8, 4) is 11.5 Å². The van der Waals surface area contributed by atoms with E-state index in [0.717, 1.165) is 56.9 Å². The molecule has 2 aliphatic rings. The maximum absolute atomic E-state index is 13.7. The van der Waals surface area contributed by atoms with Gasteiger partial charge in [0, 0.05) is 51.0 Å². The molecule has 0 spiro atoms. The van der Waals surface area contributed by atoms with Crippen LogP contribution in [-0.4, -0.2) is 83.3 Å². The largest absolute Gasteiger partial charge is 0.481 e. The number of carboxylic acids is 1. The normalized spacial score (nSPS) is 20.9. The number of hydrogen-bond donors (Lipinski definition) is 2. The molecule has 1 aromatic rings. The first-order chi connectivity index (χ1) is 19.3. The van der Waals surface area contributed by atoms with E-state index in [-0.39, 0.29) is 49.5 Å². The van der Waals surface area contributed by atoms with Crippen molar-refractivity contribution < 1.29 is 34.1 Å². The summed E-state index contributed by atoms with van der Waals surface area (Å²) in [5.74, 6) is -0.614. The van der Waals surface area contributed by atoms with Gasteiger partial charge in [-0.15, -0.1) is 0 Å². The lowest BCUT2D eigenvalue weighted by Gasteiger charge is -2.30. The summed E-state index contributed by atoms with van der Waals surface area (Å²) in [4.78, 5) is 42.4. The van der Waals surface area contributed by atoms with Crippen LogP contribution in [0.25, 0.3) is 0 Å². The molecule has 2 aliphatic heterocycles. The van der Waals surface area contributed by atoms with E-state index in [9.17, 15) is 19.5 Å². The Morgan fingerprint density at radius 1 is 1.05 bits per heavy atom. The van der Waals surface area contributed by atoms with Crippen molar-refractivity contribution in [2.45, 2.75) is 90.5 Å². The van der Waals surface area contributed by atoms with Crippen LogP contribution in [0.15, 0.2) is 18.2 Å². The summed E-state index contributed by atoms with van der Waals surface area (Å²) in [5.41, 5.74) is 0.860. The standard InChI is InChI=1S/C31H48N2O7/c1-4-6-8-11-23(12-9-7-10-17-34)27(36)20-33-19-25(24-13-14-28-29(18-24)40-21-39-28)30(31(37)38)26(33)15-16-32(5-2)22(3)35/h13-14,18,23,25-26,30,34H,4-12,15-17,19-21H2,1-3H3,(H,37,38)/t23?,25-,26+,30-/m1/s1. The third-order valence-corrected chi connectivity index (χ3v) is 8.56. The number of aliphatic hydroxyl groups is 1. The van der Waals surface area contributed by atoms with Crippen molar-refractivity contribution in [3.05, 3.63) is 23.8 Å². The van der Waals surface area contributed by atoms with Crippen molar-refractivity contribution in [2.75, 3.05) is 39.6 Å². The Labute approximate surface area is 238 Å². The van der Waals surface area contributed by atoms with Crippen LogP contribution in [0.4, 0.5) is 0 Å². The number of rotatable bonds is 18. The number of likely N-dealkylation sites (tertiary alicyclic amines) is 1. The number of amides is 1. The second-order valence-corrected chi connectivity index (χ2v) is 11.2. The summed E-state index contributed by atoms with van der Waals surface area (Å²) in [5, 5.41) is 19.6. The average molecular weight is 561 g/mol. The zero-order chi connectivity index (χ0) is 29.1. The molecule has 40 heavy (non-hydrogen) atoms. The highest BCUT2D eigenvalue weighted by atomic mass is 16.7. The van der Waals surface area contributed by atoms with Crippen molar-refractivity contribution >= 4 is 17.7 Å². The summed E-state index contributed by atoms with van der Waals surface area (Å²) >= 11 is 0. The molecule has 1 amide bonds. The zero-order valence-corrected chi connectivity index (χ0v) is 24.5. The van der Waals surface area contributed by atoms with Crippen LogP contribution in [0.2, 0.25) is 0 Å².